The molecule has 0 heterocycles. The Bertz CT molecular complexity index is 478. The van der Waals surface area contributed by atoms with Gasteiger partial charge >= 0.3 is 5.97 Å². The molecule has 5 heteroatoms. The molecule has 1 aromatic carbocycles. The van der Waals surface area contributed by atoms with Crippen LogP contribution in [0, 0.1) is 29.9 Å². The summed E-state index contributed by atoms with van der Waals surface area (Å²) in [6.07, 6.45) is 0.304. The van der Waals surface area contributed by atoms with Gasteiger partial charge in [-0.1, -0.05) is 29.3 Å². The number of hydrogen-bond donors (Lipinski definition) is 0. The Kier molecular flexibility index (Phi) is 3.32. The molecule has 18 heavy (non-hydrogen) atoms. The highest BCUT2D eigenvalue weighted by Crippen LogP contribution is 2.34. The third-order valence-corrected chi connectivity index (χ3v) is 2.99. The third-order valence-electron chi connectivity index (χ3n) is 2.99. The van der Waals surface area contributed by atoms with E-state index >= 15 is 0 Å². The van der Waals surface area contributed by atoms with E-state index in [9.17, 15) is 14.9 Å². The van der Waals surface area contributed by atoms with Crippen molar-refractivity contribution < 1.29 is 14.5 Å². The molecule has 1 aliphatic rings. The van der Waals surface area contributed by atoms with Gasteiger partial charge in [-0.15, -0.1) is 0 Å². The molecule has 0 N–H and O–H groups in total. The van der Waals surface area contributed by atoms with Crippen LogP contribution in [-0.4, -0.2) is 16.9 Å². The lowest BCUT2D eigenvalue weighted by Crippen LogP contribution is -2.13. The second-order valence-electron chi connectivity index (χ2n) is 4.80. The summed E-state index contributed by atoms with van der Waals surface area (Å²) in [4.78, 5) is 21.6. The number of nitro groups is 1. The Morgan fingerprint density at radius 2 is 2.00 bits per heavy atom. The summed E-state index contributed by atoms with van der Waals surface area (Å²) >= 11 is 0. The van der Waals surface area contributed by atoms with Gasteiger partial charge in [0.05, 0.1) is 0 Å². The standard InChI is InChI=1S/C13H15NO4/c1-8-3-9(2)5-10(4-8)7-18-13(15)11-6-12(11)14(16)17/h3-5,11-12H,6-7H2,1-2H3. The maximum absolute atomic E-state index is 11.5. The Morgan fingerprint density at radius 3 is 2.50 bits per heavy atom. The lowest BCUT2D eigenvalue weighted by Gasteiger charge is -2.06. The van der Waals surface area contributed by atoms with E-state index in [1.165, 1.54) is 0 Å². The molecule has 0 aromatic heterocycles. The van der Waals surface area contributed by atoms with E-state index in [1.807, 2.05) is 32.0 Å². The molecule has 5 nitrogen and oxygen atoms in total. The van der Waals surface area contributed by atoms with Gasteiger partial charge in [-0.25, -0.2) is 0 Å². The van der Waals surface area contributed by atoms with E-state index in [1.54, 1.807) is 0 Å². The normalized spacial score (nSPS) is 21.4. The fourth-order valence-electron chi connectivity index (χ4n) is 2.08. The SMILES string of the molecule is Cc1cc(C)cc(COC(=O)C2CC2[N+](=O)[O-])c1. The molecular weight excluding hydrogens is 234 g/mol. The van der Waals surface area contributed by atoms with Gasteiger partial charge in [-0.2, -0.15) is 0 Å². The van der Waals surface area contributed by atoms with Gasteiger partial charge in [0.25, 0.3) is 0 Å². The van der Waals surface area contributed by atoms with Gasteiger partial charge in [0.15, 0.2) is 0 Å². The minimum Gasteiger partial charge on any atom is -0.460 e. The van der Waals surface area contributed by atoms with Crippen molar-refractivity contribution in [2.24, 2.45) is 5.92 Å². The van der Waals surface area contributed by atoms with Crippen molar-refractivity contribution in [2.45, 2.75) is 32.9 Å². The molecule has 0 spiro atoms. The van der Waals surface area contributed by atoms with Crippen LogP contribution in [0.5, 0.6) is 0 Å². The van der Waals surface area contributed by atoms with Crippen LogP contribution >= 0.6 is 0 Å². The van der Waals surface area contributed by atoms with E-state index in [4.69, 9.17) is 4.74 Å². The molecule has 0 saturated heterocycles. The van der Waals surface area contributed by atoms with Crippen molar-refractivity contribution in [3.05, 3.63) is 45.0 Å². The fourth-order valence-corrected chi connectivity index (χ4v) is 2.08. The van der Waals surface area contributed by atoms with E-state index in [0.717, 1.165) is 16.7 Å². The number of rotatable bonds is 4. The summed E-state index contributed by atoms with van der Waals surface area (Å²) in [5.41, 5.74) is 3.13. The summed E-state index contributed by atoms with van der Waals surface area (Å²) in [5.74, 6) is -1.01. The molecule has 1 aliphatic carbocycles. The van der Waals surface area contributed by atoms with Crippen molar-refractivity contribution in [3.63, 3.8) is 0 Å². The number of aryl methyl sites for hydroxylation is 2. The number of carbonyl (C=O) groups excluding carboxylic acids is 1. The predicted molar refractivity (Wildman–Crippen MR) is 64.6 cm³/mol. The zero-order valence-corrected chi connectivity index (χ0v) is 10.4. The molecule has 2 atom stereocenters. The summed E-state index contributed by atoms with van der Waals surface area (Å²) < 4.78 is 5.10. The van der Waals surface area contributed by atoms with Gasteiger partial charge in [-0.3, -0.25) is 14.9 Å². The largest absolute Gasteiger partial charge is 0.460 e. The van der Waals surface area contributed by atoms with Crippen LogP contribution in [0.15, 0.2) is 18.2 Å². The third kappa shape index (κ3) is 2.85. The van der Waals surface area contributed by atoms with Crippen LogP contribution in [0.4, 0.5) is 0 Å². The Morgan fingerprint density at radius 1 is 1.39 bits per heavy atom. The summed E-state index contributed by atoms with van der Waals surface area (Å²) in [6.45, 7) is 4.13. The minimum atomic E-state index is -0.739. The molecule has 96 valence electrons. The Hall–Kier alpha value is -1.91. The average molecular weight is 249 g/mol. The highest BCUT2D eigenvalue weighted by atomic mass is 16.6. The Labute approximate surface area is 105 Å². The van der Waals surface area contributed by atoms with Gasteiger partial charge in [0.1, 0.15) is 12.5 Å². The van der Waals surface area contributed by atoms with Crippen molar-refractivity contribution in [1.29, 1.82) is 0 Å². The summed E-state index contributed by atoms with van der Waals surface area (Å²) in [7, 11) is 0. The maximum atomic E-state index is 11.5. The van der Waals surface area contributed by atoms with E-state index in [-0.39, 0.29) is 6.61 Å². The number of nitrogens with zero attached hydrogens (tertiary/aromatic N) is 1. The molecule has 0 aliphatic heterocycles. The minimum absolute atomic E-state index is 0.183. The second kappa shape index (κ2) is 4.76. The molecule has 0 radical (unpaired) electrons. The lowest BCUT2D eigenvalue weighted by molar-refractivity contribution is -0.497. The number of ether oxygens (including phenoxy) is 1. The van der Waals surface area contributed by atoms with Crippen LogP contribution < -0.4 is 0 Å². The second-order valence-corrected chi connectivity index (χ2v) is 4.80. The molecule has 2 unspecified atom stereocenters. The Balaban J connectivity index is 1.88. The van der Waals surface area contributed by atoms with Crippen LogP contribution in [0.25, 0.3) is 0 Å². The molecular formula is C13H15NO4. The first-order valence-electron chi connectivity index (χ1n) is 5.84. The van der Waals surface area contributed by atoms with Gasteiger partial charge in [-0.05, 0) is 19.4 Å². The maximum Gasteiger partial charge on any atom is 0.316 e. The first-order chi connectivity index (χ1) is 8.47. The summed E-state index contributed by atoms with van der Waals surface area (Å²) in [6, 6.07) is 5.18. The number of benzene rings is 1. The molecule has 1 aromatic rings. The van der Waals surface area contributed by atoms with Crippen LogP contribution in [0.2, 0.25) is 0 Å². The van der Waals surface area contributed by atoms with Crippen molar-refractivity contribution in [2.75, 3.05) is 0 Å². The summed E-state index contributed by atoms with van der Waals surface area (Å²) in [5, 5.41) is 10.4. The molecule has 0 amide bonds. The number of carbonyl (C=O) groups is 1. The van der Waals surface area contributed by atoms with Crippen molar-refractivity contribution in [1.82, 2.24) is 0 Å². The zero-order valence-electron chi connectivity index (χ0n) is 10.4. The molecule has 2 rings (SSSR count). The highest BCUT2D eigenvalue weighted by Gasteiger charge is 2.54. The number of hydrogen-bond acceptors (Lipinski definition) is 4. The van der Waals surface area contributed by atoms with Crippen LogP contribution in [0.1, 0.15) is 23.1 Å². The molecule has 1 saturated carbocycles. The highest BCUT2D eigenvalue weighted by molar-refractivity contribution is 5.76. The first-order valence-corrected chi connectivity index (χ1v) is 5.84. The topological polar surface area (TPSA) is 69.4 Å². The monoisotopic (exact) mass is 249 g/mol. The van der Waals surface area contributed by atoms with Crippen LogP contribution in [-0.2, 0) is 16.1 Å². The molecule has 0 bridgehead atoms. The van der Waals surface area contributed by atoms with E-state index < -0.39 is 22.9 Å². The quantitative estimate of drug-likeness (QED) is 0.465. The lowest BCUT2D eigenvalue weighted by atomic mass is 10.1. The first kappa shape index (κ1) is 12.5. The van der Waals surface area contributed by atoms with Crippen molar-refractivity contribution in [3.8, 4) is 0 Å². The van der Waals surface area contributed by atoms with Gasteiger partial charge in [0, 0.05) is 11.3 Å². The smallest absolute Gasteiger partial charge is 0.316 e. The fraction of sp³-hybridized carbons (Fsp3) is 0.462. The molecule has 1 fully saturated rings. The van der Waals surface area contributed by atoms with Crippen LogP contribution in [0.3, 0.4) is 0 Å². The van der Waals surface area contributed by atoms with Gasteiger partial charge in [0.2, 0.25) is 6.04 Å². The van der Waals surface area contributed by atoms with Crippen molar-refractivity contribution >= 4 is 5.97 Å². The predicted octanol–water partition coefficient (Wildman–Crippen LogP) is 2.01. The van der Waals surface area contributed by atoms with E-state index in [0.29, 0.717) is 6.42 Å². The van der Waals surface area contributed by atoms with E-state index in [2.05, 4.69) is 0 Å². The average Bonchev–Trinajstić information content (AvgIpc) is 3.04. The number of esters is 1. The zero-order chi connectivity index (χ0) is 13.3. The van der Waals surface area contributed by atoms with Gasteiger partial charge < -0.3 is 4.74 Å².